The summed E-state index contributed by atoms with van der Waals surface area (Å²) in [6.45, 7) is 2.77. The number of benzene rings is 1. The minimum absolute atomic E-state index is 0.0616. The second-order valence-electron chi connectivity index (χ2n) is 7.20. The molecule has 4 aromatic rings. The molecule has 1 unspecified atom stereocenters. The highest BCUT2D eigenvalue weighted by atomic mass is 16.6. The zero-order chi connectivity index (χ0) is 19.5. The van der Waals surface area contributed by atoms with Crippen molar-refractivity contribution in [3.8, 4) is 0 Å². The summed E-state index contributed by atoms with van der Waals surface area (Å²) in [5.41, 5.74) is 2.05. The van der Waals surface area contributed by atoms with Gasteiger partial charge in [0.25, 0.3) is 0 Å². The molecule has 1 atom stereocenters. The second kappa shape index (κ2) is 7.86. The molecule has 1 saturated heterocycles. The lowest BCUT2D eigenvalue weighted by atomic mass is 10.0. The fourth-order valence-electron chi connectivity index (χ4n) is 3.75. The molecule has 0 radical (unpaired) electrons. The van der Waals surface area contributed by atoms with Crippen molar-refractivity contribution in [1.82, 2.24) is 29.8 Å². The van der Waals surface area contributed by atoms with E-state index in [1.165, 1.54) is 5.56 Å². The van der Waals surface area contributed by atoms with Gasteiger partial charge in [0.2, 0.25) is 11.3 Å². The van der Waals surface area contributed by atoms with Crippen molar-refractivity contribution in [3.63, 3.8) is 0 Å². The Hall–Kier alpha value is -3.49. The molecular weight excluding hydrogens is 368 g/mol. The number of aryl methyl sites for hydroxylation is 1. The van der Waals surface area contributed by atoms with Crippen LogP contribution in [0.5, 0.6) is 0 Å². The standard InChI is InChI=1S/C20H22N8O/c1-2-6-15(7-3-1)16(8-12-27-13-9-21-14-27)22-19-20(28-10-4-5-11-28)24-18-17(23-19)25-29-26-18/h1-3,6-7,9,13-14,16H,4-5,8,10-12H2,(H,22,23,25). The quantitative estimate of drug-likeness (QED) is 0.514. The van der Waals surface area contributed by atoms with E-state index in [0.29, 0.717) is 11.3 Å². The highest BCUT2D eigenvalue weighted by Gasteiger charge is 2.23. The number of anilines is 2. The first-order valence-electron chi connectivity index (χ1n) is 9.89. The van der Waals surface area contributed by atoms with Crippen molar-refractivity contribution < 1.29 is 4.63 Å². The van der Waals surface area contributed by atoms with E-state index in [-0.39, 0.29) is 6.04 Å². The van der Waals surface area contributed by atoms with Gasteiger partial charge in [0.15, 0.2) is 11.6 Å². The average molecular weight is 390 g/mol. The van der Waals surface area contributed by atoms with Gasteiger partial charge in [0, 0.05) is 32.0 Å². The first-order chi connectivity index (χ1) is 14.4. The van der Waals surface area contributed by atoms with Gasteiger partial charge in [-0.15, -0.1) is 0 Å². The third-order valence-corrected chi connectivity index (χ3v) is 5.25. The molecule has 1 aromatic carbocycles. The van der Waals surface area contributed by atoms with Crippen molar-refractivity contribution in [1.29, 1.82) is 0 Å². The fourth-order valence-corrected chi connectivity index (χ4v) is 3.75. The smallest absolute Gasteiger partial charge is 0.245 e. The van der Waals surface area contributed by atoms with Crippen molar-refractivity contribution in [2.24, 2.45) is 0 Å². The molecular formula is C20H22N8O. The van der Waals surface area contributed by atoms with Gasteiger partial charge in [-0.3, -0.25) is 0 Å². The number of hydrogen-bond acceptors (Lipinski definition) is 8. The van der Waals surface area contributed by atoms with Gasteiger partial charge >= 0.3 is 0 Å². The fraction of sp³-hybridized carbons (Fsp3) is 0.350. The number of nitrogens with one attached hydrogen (secondary N) is 1. The highest BCUT2D eigenvalue weighted by molar-refractivity contribution is 5.74. The molecule has 0 aliphatic carbocycles. The second-order valence-corrected chi connectivity index (χ2v) is 7.20. The van der Waals surface area contributed by atoms with Gasteiger partial charge in [0.05, 0.1) is 12.4 Å². The number of rotatable bonds is 7. The van der Waals surface area contributed by atoms with Gasteiger partial charge in [-0.1, -0.05) is 30.3 Å². The van der Waals surface area contributed by atoms with E-state index in [2.05, 4.69) is 59.3 Å². The molecule has 0 saturated carbocycles. The van der Waals surface area contributed by atoms with E-state index in [1.54, 1.807) is 6.20 Å². The van der Waals surface area contributed by atoms with Crippen LogP contribution in [0.2, 0.25) is 0 Å². The van der Waals surface area contributed by atoms with Crippen LogP contribution in [-0.4, -0.2) is 42.9 Å². The molecule has 4 heterocycles. The highest BCUT2D eigenvalue weighted by Crippen LogP contribution is 2.31. The Morgan fingerprint density at radius 3 is 2.59 bits per heavy atom. The van der Waals surface area contributed by atoms with Gasteiger partial charge in [-0.05, 0) is 35.1 Å². The number of aromatic nitrogens is 6. The molecule has 29 heavy (non-hydrogen) atoms. The SMILES string of the molecule is c1ccc(C(CCn2ccnc2)Nc2nc3nonc3nc2N2CCCC2)cc1. The van der Waals surface area contributed by atoms with Crippen LogP contribution in [0, 0.1) is 0 Å². The number of hydrogen-bond donors (Lipinski definition) is 1. The largest absolute Gasteiger partial charge is 0.360 e. The summed E-state index contributed by atoms with van der Waals surface area (Å²) in [5, 5.41) is 11.4. The summed E-state index contributed by atoms with van der Waals surface area (Å²) in [6.07, 6.45) is 8.79. The molecule has 0 spiro atoms. The Bertz CT molecular complexity index is 1060. The Labute approximate surface area is 167 Å². The van der Waals surface area contributed by atoms with Crippen LogP contribution in [0.1, 0.15) is 30.9 Å². The average Bonchev–Trinajstić information content (AvgIpc) is 3.53. The summed E-state index contributed by atoms with van der Waals surface area (Å²) in [6, 6.07) is 10.5. The predicted molar refractivity (Wildman–Crippen MR) is 108 cm³/mol. The molecule has 5 rings (SSSR count). The van der Waals surface area contributed by atoms with E-state index < -0.39 is 0 Å². The molecule has 9 nitrogen and oxygen atoms in total. The van der Waals surface area contributed by atoms with Crippen LogP contribution in [-0.2, 0) is 6.54 Å². The van der Waals surface area contributed by atoms with Crippen LogP contribution >= 0.6 is 0 Å². The molecule has 0 amide bonds. The van der Waals surface area contributed by atoms with E-state index in [0.717, 1.165) is 50.5 Å². The lowest BCUT2D eigenvalue weighted by molar-refractivity contribution is 0.314. The molecule has 1 aliphatic rings. The van der Waals surface area contributed by atoms with Gasteiger partial charge in [0.1, 0.15) is 0 Å². The predicted octanol–water partition coefficient (Wildman–Crippen LogP) is 3.05. The molecule has 1 aliphatic heterocycles. The summed E-state index contributed by atoms with van der Waals surface area (Å²) in [4.78, 5) is 15.8. The molecule has 1 fully saturated rings. The first-order valence-corrected chi connectivity index (χ1v) is 9.89. The normalized spacial score (nSPS) is 15.1. The minimum atomic E-state index is 0.0616. The summed E-state index contributed by atoms with van der Waals surface area (Å²) < 4.78 is 6.92. The Morgan fingerprint density at radius 1 is 1.03 bits per heavy atom. The topological polar surface area (TPSA) is 97.8 Å². The summed E-state index contributed by atoms with van der Waals surface area (Å²) in [5.74, 6) is 1.53. The van der Waals surface area contributed by atoms with Crippen LogP contribution < -0.4 is 10.2 Å². The van der Waals surface area contributed by atoms with Crippen LogP contribution in [0.25, 0.3) is 11.3 Å². The molecule has 3 aromatic heterocycles. The lowest BCUT2D eigenvalue weighted by Gasteiger charge is -2.24. The number of imidazole rings is 1. The summed E-state index contributed by atoms with van der Waals surface area (Å²) >= 11 is 0. The van der Waals surface area contributed by atoms with Gasteiger partial charge < -0.3 is 14.8 Å². The number of fused-ring (bicyclic) bond motifs is 1. The third kappa shape index (κ3) is 3.75. The van der Waals surface area contributed by atoms with Crippen molar-refractivity contribution in [2.75, 3.05) is 23.3 Å². The zero-order valence-electron chi connectivity index (χ0n) is 16.0. The Balaban J connectivity index is 1.48. The maximum absolute atomic E-state index is 4.84. The minimum Gasteiger partial charge on any atom is -0.360 e. The first kappa shape index (κ1) is 17.6. The molecule has 148 valence electrons. The Morgan fingerprint density at radius 2 is 1.83 bits per heavy atom. The van der Waals surface area contributed by atoms with Gasteiger partial charge in [-0.2, -0.15) is 0 Å². The van der Waals surface area contributed by atoms with Gasteiger partial charge in [-0.25, -0.2) is 19.6 Å². The van der Waals surface area contributed by atoms with Crippen LogP contribution in [0.15, 0.2) is 53.7 Å². The van der Waals surface area contributed by atoms with E-state index in [4.69, 9.17) is 9.61 Å². The maximum Gasteiger partial charge on any atom is 0.245 e. The Kier molecular flexibility index (Phi) is 4.77. The maximum atomic E-state index is 4.84. The summed E-state index contributed by atoms with van der Waals surface area (Å²) in [7, 11) is 0. The van der Waals surface area contributed by atoms with Crippen LogP contribution in [0.4, 0.5) is 11.6 Å². The zero-order valence-corrected chi connectivity index (χ0v) is 16.0. The van der Waals surface area contributed by atoms with E-state index in [1.807, 2.05) is 18.6 Å². The molecule has 0 bridgehead atoms. The van der Waals surface area contributed by atoms with Crippen LogP contribution in [0.3, 0.4) is 0 Å². The van der Waals surface area contributed by atoms with Crippen molar-refractivity contribution in [3.05, 3.63) is 54.6 Å². The van der Waals surface area contributed by atoms with Crippen molar-refractivity contribution in [2.45, 2.75) is 31.8 Å². The van der Waals surface area contributed by atoms with Crippen molar-refractivity contribution >= 4 is 22.9 Å². The lowest BCUT2D eigenvalue weighted by Crippen LogP contribution is -2.23. The number of nitrogens with zero attached hydrogens (tertiary/aromatic N) is 7. The monoisotopic (exact) mass is 390 g/mol. The molecule has 1 N–H and O–H groups in total. The molecule has 9 heteroatoms. The van der Waals surface area contributed by atoms with E-state index >= 15 is 0 Å². The third-order valence-electron chi connectivity index (χ3n) is 5.25. The van der Waals surface area contributed by atoms with E-state index in [9.17, 15) is 0 Å².